The van der Waals surface area contributed by atoms with Crippen LogP contribution in [0.3, 0.4) is 0 Å². The van der Waals surface area contributed by atoms with Crippen LogP contribution < -0.4 is 10.2 Å². The lowest BCUT2D eigenvalue weighted by atomic mass is 10.1. The maximum absolute atomic E-state index is 12.2. The van der Waals surface area contributed by atoms with E-state index in [-0.39, 0.29) is 11.9 Å². The third kappa shape index (κ3) is 5.41. The van der Waals surface area contributed by atoms with Crippen LogP contribution >= 0.6 is 0 Å². The average molecular weight is 324 g/mol. The van der Waals surface area contributed by atoms with Crippen LogP contribution in [0.4, 0.5) is 5.69 Å². The lowest BCUT2D eigenvalue weighted by Gasteiger charge is -2.21. The molecule has 1 amide bonds. The average Bonchev–Trinajstić information content (AvgIpc) is 2.58. The van der Waals surface area contributed by atoms with Crippen molar-refractivity contribution in [2.24, 2.45) is 0 Å². The van der Waals surface area contributed by atoms with Gasteiger partial charge in [0.15, 0.2) is 0 Å². The van der Waals surface area contributed by atoms with Crippen LogP contribution in [0.25, 0.3) is 0 Å². The van der Waals surface area contributed by atoms with E-state index in [1.165, 1.54) is 11.3 Å². The van der Waals surface area contributed by atoms with E-state index in [4.69, 9.17) is 0 Å². The van der Waals surface area contributed by atoms with Crippen LogP contribution in [0.1, 0.15) is 31.9 Å². The van der Waals surface area contributed by atoms with Crippen LogP contribution in [0, 0.1) is 0 Å². The van der Waals surface area contributed by atoms with Gasteiger partial charge in [0, 0.05) is 24.8 Å². The standard InChI is InChI=1S/C21H28N2O/c1-4-23(5-2)20-13-11-19(12-14-20)16-21(24)22-17(3)15-18-9-7-6-8-10-18/h6-14,17H,4-5,15-16H2,1-3H3,(H,22,24)/t17-/m0/s1. The predicted molar refractivity (Wildman–Crippen MR) is 101 cm³/mol. The summed E-state index contributed by atoms with van der Waals surface area (Å²) in [5.74, 6) is 0.0778. The number of hydrogen-bond acceptors (Lipinski definition) is 2. The molecule has 1 N–H and O–H groups in total. The Labute approximate surface area is 145 Å². The third-order valence-electron chi connectivity index (χ3n) is 4.22. The van der Waals surface area contributed by atoms with Crippen molar-refractivity contribution in [2.75, 3.05) is 18.0 Å². The Balaban J connectivity index is 1.85. The van der Waals surface area contributed by atoms with Gasteiger partial charge in [0.05, 0.1) is 6.42 Å². The summed E-state index contributed by atoms with van der Waals surface area (Å²) in [7, 11) is 0. The number of hydrogen-bond donors (Lipinski definition) is 1. The Hall–Kier alpha value is -2.29. The normalized spacial score (nSPS) is 11.8. The Morgan fingerprint density at radius 2 is 1.58 bits per heavy atom. The number of anilines is 1. The molecule has 128 valence electrons. The number of amides is 1. The minimum Gasteiger partial charge on any atom is -0.372 e. The minimum atomic E-state index is 0.0778. The van der Waals surface area contributed by atoms with E-state index < -0.39 is 0 Å². The molecule has 0 bridgehead atoms. The smallest absolute Gasteiger partial charge is 0.224 e. The van der Waals surface area contributed by atoms with Crippen molar-refractivity contribution < 1.29 is 4.79 Å². The zero-order chi connectivity index (χ0) is 17.4. The quantitative estimate of drug-likeness (QED) is 0.800. The molecule has 0 heterocycles. The first-order chi connectivity index (χ1) is 11.6. The number of carbonyl (C=O) groups is 1. The molecule has 2 aromatic rings. The van der Waals surface area contributed by atoms with Gasteiger partial charge >= 0.3 is 0 Å². The minimum absolute atomic E-state index is 0.0778. The first-order valence-electron chi connectivity index (χ1n) is 8.79. The Kier molecular flexibility index (Phi) is 6.86. The van der Waals surface area contributed by atoms with Gasteiger partial charge in [-0.2, -0.15) is 0 Å². The lowest BCUT2D eigenvalue weighted by molar-refractivity contribution is -0.121. The largest absolute Gasteiger partial charge is 0.372 e. The summed E-state index contributed by atoms with van der Waals surface area (Å²) < 4.78 is 0. The van der Waals surface area contributed by atoms with Crippen LogP contribution in [-0.4, -0.2) is 25.0 Å². The maximum atomic E-state index is 12.2. The summed E-state index contributed by atoms with van der Waals surface area (Å²) in [5.41, 5.74) is 3.51. The van der Waals surface area contributed by atoms with Crippen LogP contribution in [-0.2, 0) is 17.6 Å². The molecule has 1 atom stereocenters. The number of benzene rings is 2. The van der Waals surface area contributed by atoms with Gasteiger partial charge in [-0.25, -0.2) is 0 Å². The molecule has 3 nitrogen and oxygen atoms in total. The summed E-state index contributed by atoms with van der Waals surface area (Å²) in [5, 5.41) is 3.09. The summed E-state index contributed by atoms with van der Waals surface area (Å²) >= 11 is 0. The molecule has 0 aliphatic rings. The van der Waals surface area contributed by atoms with Gasteiger partial charge in [0.2, 0.25) is 5.91 Å². The topological polar surface area (TPSA) is 32.3 Å². The van der Waals surface area contributed by atoms with Gasteiger partial charge < -0.3 is 10.2 Å². The number of nitrogens with zero attached hydrogens (tertiary/aromatic N) is 1. The summed E-state index contributed by atoms with van der Waals surface area (Å²) in [6.45, 7) is 8.34. The fourth-order valence-electron chi connectivity index (χ4n) is 2.94. The molecule has 0 aliphatic heterocycles. The molecule has 24 heavy (non-hydrogen) atoms. The third-order valence-corrected chi connectivity index (χ3v) is 4.22. The van der Waals surface area contributed by atoms with E-state index >= 15 is 0 Å². The van der Waals surface area contributed by atoms with Gasteiger partial charge in [0.1, 0.15) is 0 Å². The fraction of sp³-hybridized carbons (Fsp3) is 0.381. The lowest BCUT2D eigenvalue weighted by Crippen LogP contribution is -2.35. The van der Waals surface area contributed by atoms with E-state index in [1.807, 2.05) is 25.1 Å². The predicted octanol–water partition coefficient (Wildman–Crippen LogP) is 3.82. The van der Waals surface area contributed by atoms with E-state index in [1.54, 1.807) is 0 Å². The summed E-state index contributed by atoms with van der Waals surface area (Å²) in [4.78, 5) is 14.5. The van der Waals surface area contributed by atoms with Crippen LogP contribution in [0.15, 0.2) is 54.6 Å². The van der Waals surface area contributed by atoms with Gasteiger partial charge in [0.25, 0.3) is 0 Å². The molecule has 0 spiro atoms. The van der Waals surface area contributed by atoms with E-state index in [0.29, 0.717) is 6.42 Å². The fourth-order valence-corrected chi connectivity index (χ4v) is 2.94. The zero-order valence-corrected chi connectivity index (χ0v) is 15.0. The molecule has 0 unspecified atom stereocenters. The monoisotopic (exact) mass is 324 g/mol. The van der Waals surface area contributed by atoms with Gasteiger partial charge in [-0.3, -0.25) is 4.79 Å². The van der Waals surface area contributed by atoms with Crippen molar-refractivity contribution in [3.05, 3.63) is 65.7 Å². The second-order valence-electron chi connectivity index (χ2n) is 6.17. The first-order valence-corrected chi connectivity index (χ1v) is 8.79. The molecule has 0 saturated carbocycles. The van der Waals surface area contributed by atoms with Crippen molar-refractivity contribution >= 4 is 11.6 Å². The van der Waals surface area contributed by atoms with E-state index in [0.717, 1.165) is 25.1 Å². The van der Waals surface area contributed by atoms with Gasteiger partial charge in [-0.05, 0) is 50.5 Å². The van der Waals surface area contributed by atoms with Gasteiger partial charge in [-0.15, -0.1) is 0 Å². The summed E-state index contributed by atoms with van der Waals surface area (Å²) in [6, 6.07) is 18.7. The SMILES string of the molecule is CCN(CC)c1ccc(CC(=O)N[C@@H](C)Cc2ccccc2)cc1. The Morgan fingerprint density at radius 3 is 2.17 bits per heavy atom. The highest BCUT2D eigenvalue weighted by Crippen LogP contribution is 2.15. The van der Waals surface area contributed by atoms with E-state index in [2.05, 4.69) is 60.5 Å². The molecule has 2 aromatic carbocycles. The van der Waals surface area contributed by atoms with Crippen LogP contribution in [0.5, 0.6) is 0 Å². The molecule has 0 aliphatic carbocycles. The number of rotatable bonds is 8. The van der Waals surface area contributed by atoms with Crippen molar-refractivity contribution in [1.82, 2.24) is 5.32 Å². The maximum Gasteiger partial charge on any atom is 0.224 e. The zero-order valence-electron chi connectivity index (χ0n) is 15.0. The molecule has 3 heteroatoms. The highest BCUT2D eigenvalue weighted by atomic mass is 16.1. The first kappa shape index (κ1) is 18.1. The van der Waals surface area contributed by atoms with Crippen molar-refractivity contribution in [1.29, 1.82) is 0 Å². The van der Waals surface area contributed by atoms with Crippen molar-refractivity contribution in [2.45, 2.75) is 39.7 Å². The second-order valence-corrected chi connectivity index (χ2v) is 6.17. The highest BCUT2D eigenvalue weighted by molar-refractivity contribution is 5.79. The molecular formula is C21H28N2O. The molecule has 0 aromatic heterocycles. The summed E-state index contributed by atoms with van der Waals surface area (Å²) in [6.07, 6.45) is 1.28. The van der Waals surface area contributed by atoms with Gasteiger partial charge in [-0.1, -0.05) is 42.5 Å². The highest BCUT2D eigenvalue weighted by Gasteiger charge is 2.09. The van der Waals surface area contributed by atoms with Crippen LogP contribution in [0.2, 0.25) is 0 Å². The molecule has 0 radical (unpaired) electrons. The van der Waals surface area contributed by atoms with Crippen molar-refractivity contribution in [3.8, 4) is 0 Å². The number of nitrogens with one attached hydrogen (secondary N) is 1. The molecule has 0 saturated heterocycles. The van der Waals surface area contributed by atoms with E-state index in [9.17, 15) is 4.79 Å². The molecule has 0 fully saturated rings. The Bertz CT molecular complexity index is 618. The molecular weight excluding hydrogens is 296 g/mol. The number of carbonyl (C=O) groups excluding carboxylic acids is 1. The second kappa shape index (κ2) is 9.11. The Morgan fingerprint density at radius 1 is 0.958 bits per heavy atom. The molecule has 2 rings (SSSR count). The van der Waals surface area contributed by atoms with Crippen molar-refractivity contribution in [3.63, 3.8) is 0 Å².